The van der Waals surface area contributed by atoms with Crippen LogP contribution in [0.2, 0.25) is 0 Å². The predicted octanol–water partition coefficient (Wildman–Crippen LogP) is 3.17. The van der Waals surface area contributed by atoms with Crippen molar-refractivity contribution in [2.45, 2.75) is 0 Å². The second kappa shape index (κ2) is 3.73. The van der Waals surface area contributed by atoms with Gasteiger partial charge in [-0.1, -0.05) is 0 Å². The molecule has 0 aliphatic carbocycles. The number of rotatable bonds is 1. The Bertz CT molecular complexity index is 459. The molecule has 0 fully saturated rings. The number of hydrogen-bond acceptors (Lipinski definition) is 1. The molecule has 0 saturated heterocycles. The van der Waals surface area contributed by atoms with Crippen molar-refractivity contribution in [2.24, 2.45) is 0 Å². The number of benzene rings is 1. The lowest BCUT2D eigenvalue weighted by Crippen LogP contribution is -1.91. The van der Waals surface area contributed by atoms with Crippen LogP contribution in [0.4, 0.5) is 13.2 Å². The average Bonchev–Trinajstić information content (AvgIpc) is 2.26. The SMILES string of the molecule is Fc1cc(-c2ccncc2)cc(F)c1F. The minimum Gasteiger partial charge on any atom is -0.265 e. The molecule has 0 unspecified atom stereocenters. The van der Waals surface area contributed by atoms with Crippen LogP contribution < -0.4 is 0 Å². The molecule has 0 radical (unpaired) electrons. The van der Waals surface area contributed by atoms with Crippen molar-refractivity contribution in [2.75, 3.05) is 0 Å². The zero-order valence-electron chi connectivity index (χ0n) is 7.55. The first-order chi connectivity index (χ1) is 7.18. The fourth-order valence-electron chi connectivity index (χ4n) is 1.27. The van der Waals surface area contributed by atoms with Crippen LogP contribution in [0.3, 0.4) is 0 Å². The highest BCUT2D eigenvalue weighted by atomic mass is 19.2. The Labute approximate surface area is 84.2 Å². The zero-order valence-corrected chi connectivity index (χ0v) is 7.55. The fraction of sp³-hybridized carbons (Fsp3) is 0. The quantitative estimate of drug-likeness (QED) is 0.657. The highest BCUT2D eigenvalue weighted by Crippen LogP contribution is 2.22. The molecule has 1 aromatic heterocycles. The lowest BCUT2D eigenvalue weighted by molar-refractivity contribution is 0.447. The lowest BCUT2D eigenvalue weighted by Gasteiger charge is -2.02. The summed E-state index contributed by atoms with van der Waals surface area (Å²) in [6.07, 6.45) is 2.99. The average molecular weight is 209 g/mol. The minimum absolute atomic E-state index is 0.286. The molecule has 0 aliphatic rings. The number of pyridine rings is 1. The molecule has 15 heavy (non-hydrogen) atoms. The first kappa shape index (κ1) is 9.71. The van der Waals surface area contributed by atoms with Crippen LogP contribution >= 0.6 is 0 Å². The molecular formula is C11H6F3N. The molecule has 0 saturated carbocycles. The van der Waals surface area contributed by atoms with E-state index in [0.29, 0.717) is 5.56 Å². The van der Waals surface area contributed by atoms with Crippen LogP contribution in [0.1, 0.15) is 0 Å². The van der Waals surface area contributed by atoms with Crippen LogP contribution in [0.5, 0.6) is 0 Å². The number of nitrogens with zero attached hydrogens (tertiary/aromatic N) is 1. The van der Waals surface area contributed by atoms with E-state index in [4.69, 9.17) is 0 Å². The molecule has 0 bridgehead atoms. The maximum atomic E-state index is 12.9. The summed E-state index contributed by atoms with van der Waals surface area (Å²) in [5, 5.41) is 0. The molecular weight excluding hydrogens is 203 g/mol. The van der Waals surface area contributed by atoms with Gasteiger partial charge in [0.1, 0.15) is 0 Å². The molecule has 4 heteroatoms. The Morgan fingerprint density at radius 3 is 1.87 bits per heavy atom. The van der Waals surface area contributed by atoms with Gasteiger partial charge >= 0.3 is 0 Å². The fourth-order valence-corrected chi connectivity index (χ4v) is 1.27. The van der Waals surface area contributed by atoms with E-state index in [9.17, 15) is 13.2 Å². The second-order valence-corrected chi connectivity index (χ2v) is 2.99. The molecule has 76 valence electrons. The predicted molar refractivity (Wildman–Crippen MR) is 49.5 cm³/mol. The normalized spacial score (nSPS) is 10.3. The zero-order chi connectivity index (χ0) is 10.8. The van der Waals surface area contributed by atoms with E-state index in [2.05, 4.69) is 4.98 Å². The molecule has 2 rings (SSSR count). The summed E-state index contributed by atoms with van der Waals surface area (Å²) >= 11 is 0. The first-order valence-corrected chi connectivity index (χ1v) is 4.23. The van der Waals surface area contributed by atoms with Gasteiger partial charge in [0.2, 0.25) is 0 Å². The topological polar surface area (TPSA) is 12.9 Å². The van der Waals surface area contributed by atoms with Gasteiger partial charge in [0.15, 0.2) is 17.5 Å². The van der Waals surface area contributed by atoms with Crippen molar-refractivity contribution >= 4 is 0 Å². The van der Waals surface area contributed by atoms with Crippen LogP contribution in [0.25, 0.3) is 11.1 Å². The molecule has 1 nitrogen and oxygen atoms in total. The minimum atomic E-state index is -1.45. The Morgan fingerprint density at radius 1 is 0.800 bits per heavy atom. The van der Waals surface area contributed by atoms with Crippen LogP contribution in [0, 0.1) is 17.5 Å². The monoisotopic (exact) mass is 209 g/mol. The van der Waals surface area contributed by atoms with E-state index < -0.39 is 17.5 Å². The molecule has 0 N–H and O–H groups in total. The molecule has 0 atom stereocenters. The maximum Gasteiger partial charge on any atom is 0.194 e. The van der Waals surface area contributed by atoms with Gasteiger partial charge in [-0.05, 0) is 35.4 Å². The highest BCUT2D eigenvalue weighted by molar-refractivity contribution is 5.62. The third-order valence-electron chi connectivity index (χ3n) is 2.00. The number of hydrogen-bond donors (Lipinski definition) is 0. The Hall–Kier alpha value is -1.84. The van der Waals surface area contributed by atoms with Gasteiger partial charge in [-0.3, -0.25) is 4.98 Å². The number of halogens is 3. The van der Waals surface area contributed by atoms with Gasteiger partial charge in [0, 0.05) is 12.4 Å². The van der Waals surface area contributed by atoms with Gasteiger partial charge in [-0.25, -0.2) is 13.2 Å². The van der Waals surface area contributed by atoms with Gasteiger partial charge in [0.05, 0.1) is 0 Å². The third-order valence-corrected chi connectivity index (χ3v) is 2.00. The first-order valence-electron chi connectivity index (χ1n) is 4.23. The standard InChI is InChI=1S/C11H6F3N/c12-9-5-8(6-10(13)11(9)14)7-1-3-15-4-2-7/h1-6H. The van der Waals surface area contributed by atoms with E-state index in [0.717, 1.165) is 12.1 Å². The Kier molecular flexibility index (Phi) is 2.41. The summed E-state index contributed by atoms with van der Waals surface area (Å²) < 4.78 is 38.5. The van der Waals surface area contributed by atoms with Crippen molar-refractivity contribution in [1.29, 1.82) is 0 Å². The van der Waals surface area contributed by atoms with Gasteiger partial charge in [-0.15, -0.1) is 0 Å². The second-order valence-electron chi connectivity index (χ2n) is 2.99. The molecule has 0 aliphatic heterocycles. The maximum absolute atomic E-state index is 12.9. The molecule has 1 aromatic carbocycles. The van der Waals surface area contributed by atoms with Crippen molar-refractivity contribution in [3.05, 3.63) is 54.1 Å². The number of aromatic nitrogens is 1. The van der Waals surface area contributed by atoms with Gasteiger partial charge in [0.25, 0.3) is 0 Å². The van der Waals surface area contributed by atoms with E-state index in [1.165, 1.54) is 12.4 Å². The van der Waals surface area contributed by atoms with E-state index in [1.54, 1.807) is 12.1 Å². The lowest BCUT2D eigenvalue weighted by atomic mass is 10.1. The van der Waals surface area contributed by atoms with Crippen molar-refractivity contribution in [3.63, 3.8) is 0 Å². The van der Waals surface area contributed by atoms with Crippen LogP contribution in [0.15, 0.2) is 36.7 Å². The largest absolute Gasteiger partial charge is 0.265 e. The van der Waals surface area contributed by atoms with Crippen LogP contribution in [-0.4, -0.2) is 4.98 Å². The molecule has 0 spiro atoms. The van der Waals surface area contributed by atoms with Crippen molar-refractivity contribution in [3.8, 4) is 11.1 Å². The van der Waals surface area contributed by atoms with Gasteiger partial charge < -0.3 is 0 Å². The molecule has 1 heterocycles. The van der Waals surface area contributed by atoms with Crippen LogP contribution in [-0.2, 0) is 0 Å². The van der Waals surface area contributed by atoms with Crippen molar-refractivity contribution < 1.29 is 13.2 Å². The van der Waals surface area contributed by atoms with E-state index in [1.807, 2.05) is 0 Å². The third kappa shape index (κ3) is 1.83. The smallest absolute Gasteiger partial charge is 0.194 e. The summed E-state index contributed by atoms with van der Waals surface area (Å²) in [6, 6.07) is 5.08. The Balaban J connectivity index is 2.56. The van der Waals surface area contributed by atoms with Gasteiger partial charge in [-0.2, -0.15) is 0 Å². The highest BCUT2D eigenvalue weighted by Gasteiger charge is 2.11. The summed E-state index contributed by atoms with van der Waals surface area (Å²) in [5.74, 6) is -3.84. The summed E-state index contributed by atoms with van der Waals surface area (Å²) in [4.78, 5) is 3.77. The van der Waals surface area contributed by atoms with E-state index >= 15 is 0 Å². The Morgan fingerprint density at radius 2 is 1.33 bits per heavy atom. The molecule has 0 amide bonds. The van der Waals surface area contributed by atoms with E-state index in [-0.39, 0.29) is 5.56 Å². The summed E-state index contributed by atoms with van der Waals surface area (Å²) in [6.45, 7) is 0. The summed E-state index contributed by atoms with van der Waals surface area (Å²) in [7, 11) is 0. The summed E-state index contributed by atoms with van der Waals surface area (Å²) in [5.41, 5.74) is 0.872. The molecule has 2 aromatic rings. The van der Waals surface area contributed by atoms with Crippen molar-refractivity contribution in [1.82, 2.24) is 4.98 Å².